The van der Waals surface area contributed by atoms with Crippen molar-refractivity contribution in [3.63, 3.8) is 0 Å². The molecule has 0 spiro atoms. The van der Waals surface area contributed by atoms with Gasteiger partial charge in [-0.05, 0) is 49.3 Å². The van der Waals surface area contributed by atoms with Crippen molar-refractivity contribution in [2.24, 2.45) is 17.1 Å². The lowest BCUT2D eigenvalue weighted by molar-refractivity contribution is -0.0108. The van der Waals surface area contributed by atoms with Crippen molar-refractivity contribution >= 4 is 15.9 Å². The Hall–Kier alpha value is -0.380. The van der Waals surface area contributed by atoms with Crippen LogP contribution < -0.4 is 5.73 Å². The molecule has 0 aromatic heterocycles. The average molecular weight is 340 g/mol. The third kappa shape index (κ3) is 3.44. The van der Waals surface area contributed by atoms with Crippen molar-refractivity contribution in [3.8, 4) is 0 Å². The molecule has 3 N–H and O–H groups in total. The minimum atomic E-state index is -0.442. The molecule has 1 aliphatic carbocycles. The monoisotopic (exact) mass is 339 g/mol. The van der Waals surface area contributed by atoms with Gasteiger partial charge in [0.1, 0.15) is 0 Å². The fourth-order valence-corrected chi connectivity index (χ4v) is 3.80. The van der Waals surface area contributed by atoms with Crippen molar-refractivity contribution in [1.29, 1.82) is 0 Å². The lowest BCUT2D eigenvalue weighted by Gasteiger charge is -2.43. The second-order valence-corrected chi connectivity index (χ2v) is 7.17. The van der Waals surface area contributed by atoms with Crippen molar-refractivity contribution < 1.29 is 5.11 Å². The van der Waals surface area contributed by atoms with Crippen LogP contribution >= 0.6 is 15.9 Å². The summed E-state index contributed by atoms with van der Waals surface area (Å²) in [7, 11) is 0. The van der Waals surface area contributed by atoms with E-state index in [9.17, 15) is 5.11 Å². The predicted molar refractivity (Wildman–Crippen MR) is 87.5 cm³/mol. The zero-order valence-corrected chi connectivity index (χ0v) is 13.9. The van der Waals surface area contributed by atoms with Crippen molar-refractivity contribution in [2.75, 3.05) is 6.54 Å². The van der Waals surface area contributed by atoms with Crippen LogP contribution in [0, 0.1) is 11.3 Å². The smallest absolute Gasteiger partial charge is 0.0858 e. The first-order valence-corrected chi connectivity index (χ1v) is 8.54. The lowest BCUT2D eigenvalue weighted by Crippen LogP contribution is -2.40. The van der Waals surface area contributed by atoms with Gasteiger partial charge in [0, 0.05) is 16.4 Å². The number of hydrogen-bond acceptors (Lipinski definition) is 2. The maximum absolute atomic E-state index is 10.8. The molecule has 1 fully saturated rings. The minimum absolute atomic E-state index is 0.127. The van der Waals surface area contributed by atoms with Gasteiger partial charge in [-0.1, -0.05) is 47.8 Å². The highest BCUT2D eigenvalue weighted by Gasteiger charge is 2.40. The summed E-state index contributed by atoms with van der Waals surface area (Å²) in [6, 6.07) is 7.99. The van der Waals surface area contributed by atoms with Gasteiger partial charge >= 0.3 is 0 Å². The van der Waals surface area contributed by atoms with Gasteiger partial charge in [-0.3, -0.25) is 0 Å². The van der Waals surface area contributed by atoms with E-state index in [1.54, 1.807) is 0 Å². The molecule has 1 unspecified atom stereocenters. The van der Waals surface area contributed by atoms with Gasteiger partial charge in [-0.15, -0.1) is 0 Å². The van der Waals surface area contributed by atoms with Crippen LogP contribution in [0.25, 0.3) is 0 Å². The minimum Gasteiger partial charge on any atom is -0.388 e. The fraction of sp³-hybridized carbons (Fsp3) is 0.647. The third-order valence-corrected chi connectivity index (χ3v) is 5.50. The number of aliphatic hydroxyl groups excluding tert-OH is 1. The van der Waals surface area contributed by atoms with Crippen LogP contribution in [0.4, 0.5) is 0 Å². The second-order valence-electron chi connectivity index (χ2n) is 6.25. The summed E-state index contributed by atoms with van der Waals surface area (Å²) in [6.45, 7) is 2.82. The molecule has 0 radical (unpaired) electrons. The average Bonchev–Trinajstić information content (AvgIpc) is 2.49. The Morgan fingerprint density at radius 3 is 2.40 bits per heavy atom. The number of rotatable bonds is 5. The molecule has 20 heavy (non-hydrogen) atoms. The normalized spacial score (nSPS) is 28.3. The summed E-state index contributed by atoms with van der Waals surface area (Å²) in [4.78, 5) is 0. The largest absolute Gasteiger partial charge is 0.388 e. The molecule has 0 saturated heterocycles. The summed E-state index contributed by atoms with van der Waals surface area (Å²) in [6.07, 6.45) is 6.64. The van der Waals surface area contributed by atoms with E-state index in [1.165, 1.54) is 25.7 Å². The second kappa shape index (κ2) is 7.06. The molecule has 3 heteroatoms. The van der Waals surface area contributed by atoms with Gasteiger partial charge in [0.15, 0.2) is 0 Å². The van der Waals surface area contributed by atoms with Gasteiger partial charge in [-0.2, -0.15) is 0 Å². The number of aliphatic hydroxyl groups is 1. The molecule has 2 nitrogen and oxygen atoms in total. The van der Waals surface area contributed by atoms with Gasteiger partial charge in [0.2, 0.25) is 0 Å². The Balaban J connectivity index is 2.09. The Labute approximate surface area is 130 Å². The SMILES string of the molecule is CCCC1CCC(CN)(C(O)c2ccc(Br)cc2)CC1. The van der Waals surface area contributed by atoms with Gasteiger partial charge in [0.05, 0.1) is 6.10 Å². The number of halogens is 1. The maximum Gasteiger partial charge on any atom is 0.0858 e. The molecule has 0 aliphatic heterocycles. The predicted octanol–water partition coefficient (Wildman–Crippen LogP) is 4.42. The Kier molecular flexibility index (Phi) is 5.65. The molecular formula is C17H26BrNO. The van der Waals surface area contributed by atoms with Crippen molar-refractivity contribution in [2.45, 2.75) is 51.6 Å². The number of nitrogens with two attached hydrogens (primary N) is 1. The Morgan fingerprint density at radius 2 is 1.90 bits per heavy atom. The van der Waals surface area contributed by atoms with E-state index in [2.05, 4.69) is 22.9 Å². The van der Waals surface area contributed by atoms with Crippen LogP contribution in [0.2, 0.25) is 0 Å². The molecule has 0 heterocycles. The first-order chi connectivity index (χ1) is 9.61. The van der Waals surface area contributed by atoms with Gasteiger partial charge in [0.25, 0.3) is 0 Å². The van der Waals surface area contributed by atoms with Gasteiger partial charge in [-0.25, -0.2) is 0 Å². The molecular weight excluding hydrogens is 314 g/mol. The van der Waals surface area contributed by atoms with E-state index in [-0.39, 0.29) is 5.41 Å². The molecule has 1 aromatic carbocycles. The standard InChI is InChI=1S/C17H26BrNO/c1-2-3-13-8-10-17(12-19,11-9-13)16(20)14-4-6-15(18)7-5-14/h4-7,13,16,20H,2-3,8-12,19H2,1H3. The number of hydrogen-bond donors (Lipinski definition) is 2. The molecule has 1 aliphatic rings. The third-order valence-electron chi connectivity index (χ3n) is 4.97. The zero-order chi connectivity index (χ0) is 14.6. The van der Waals surface area contributed by atoms with Crippen LogP contribution in [-0.2, 0) is 0 Å². The first kappa shape index (κ1) is 16.0. The summed E-state index contributed by atoms with van der Waals surface area (Å²) in [5.41, 5.74) is 6.92. The molecule has 1 saturated carbocycles. The number of benzene rings is 1. The quantitative estimate of drug-likeness (QED) is 0.834. The first-order valence-electron chi connectivity index (χ1n) is 7.75. The van der Waals surface area contributed by atoms with Gasteiger partial charge < -0.3 is 10.8 Å². The van der Waals surface area contributed by atoms with Crippen LogP contribution in [0.3, 0.4) is 0 Å². The van der Waals surface area contributed by atoms with Crippen LogP contribution in [0.1, 0.15) is 57.1 Å². The van der Waals surface area contributed by atoms with Crippen molar-refractivity contribution in [1.82, 2.24) is 0 Å². The maximum atomic E-state index is 10.8. The van der Waals surface area contributed by atoms with Crippen LogP contribution in [0.5, 0.6) is 0 Å². The van der Waals surface area contributed by atoms with E-state index in [4.69, 9.17) is 5.73 Å². The summed E-state index contributed by atoms with van der Waals surface area (Å²) < 4.78 is 1.04. The topological polar surface area (TPSA) is 46.2 Å². The summed E-state index contributed by atoms with van der Waals surface area (Å²) in [5, 5.41) is 10.8. The van der Waals surface area contributed by atoms with E-state index < -0.39 is 6.10 Å². The highest BCUT2D eigenvalue weighted by atomic mass is 79.9. The van der Waals surface area contributed by atoms with E-state index in [0.29, 0.717) is 6.54 Å². The summed E-state index contributed by atoms with van der Waals surface area (Å²) >= 11 is 3.44. The highest BCUT2D eigenvalue weighted by molar-refractivity contribution is 9.10. The van der Waals surface area contributed by atoms with Crippen LogP contribution in [0.15, 0.2) is 28.7 Å². The molecule has 2 rings (SSSR count). The Morgan fingerprint density at radius 1 is 1.30 bits per heavy atom. The molecule has 1 aromatic rings. The van der Waals surface area contributed by atoms with E-state index in [0.717, 1.165) is 28.8 Å². The molecule has 0 bridgehead atoms. The van der Waals surface area contributed by atoms with Crippen molar-refractivity contribution in [3.05, 3.63) is 34.3 Å². The zero-order valence-electron chi connectivity index (χ0n) is 12.3. The van der Waals surface area contributed by atoms with Crippen LogP contribution in [-0.4, -0.2) is 11.7 Å². The fourth-order valence-electron chi connectivity index (χ4n) is 3.54. The Bertz CT molecular complexity index is 410. The lowest BCUT2D eigenvalue weighted by atomic mass is 9.65. The molecule has 0 amide bonds. The molecule has 1 atom stereocenters. The highest BCUT2D eigenvalue weighted by Crippen LogP contribution is 2.47. The summed E-state index contributed by atoms with van der Waals surface area (Å²) in [5.74, 6) is 0.830. The van der Waals surface area contributed by atoms with E-state index in [1.807, 2.05) is 24.3 Å². The molecule has 112 valence electrons. The van der Waals surface area contributed by atoms with E-state index >= 15 is 0 Å².